The van der Waals surface area contributed by atoms with Crippen LogP contribution in [0.4, 0.5) is 0 Å². The first-order valence-electron chi connectivity index (χ1n) is 8.05. The second-order valence-electron chi connectivity index (χ2n) is 6.84. The molecule has 0 radical (unpaired) electrons. The fourth-order valence-corrected chi connectivity index (χ4v) is 3.61. The van der Waals surface area contributed by atoms with Crippen LogP contribution < -0.4 is 0 Å². The molecule has 3 rings (SSSR count). The number of aryl methyl sites for hydroxylation is 1. The molecule has 112 valence electrons. The Morgan fingerprint density at radius 3 is 2.85 bits per heavy atom. The largest absolute Gasteiger partial charge is 0.396 e. The smallest absolute Gasteiger partial charge is 0.108 e. The normalized spacial score (nSPS) is 27.2. The molecule has 2 aliphatic rings. The van der Waals surface area contributed by atoms with Crippen molar-refractivity contribution in [1.29, 1.82) is 0 Å². The van der Waals surface area contributed by atoms with Crippen molar-refractivity contribution in [3.05, 3.63) is 17.7 Å². The van der Waals surface area contributed by atoms with Gasteiger partial charge in [-0.15, -0.1) is 0 Å². The summed E-state index contributed by atoms with van der Waals surface area (Å²) in [6.45, 7) is 8.28. The number of aromatic nitrogens is 2. The van der Waals surface area contributed by atoms with Gasteiger partial charge in [-0.1, -0.05) is 0 Å². The van der Waals surface area contributed by atoms with Crippen molar-refractivity contribution in [2.45, 2.75) is 52.1 Å². The molecule has 0 spiro atoms. The van der Waals surface area contributed by atoms with Crippen LogP contribution in [0.15, 0.2) is 6.20 Å². The van der Waals surface area contributed by atoms with Gasteiger partial charge in [0, 0.05) is 44.3 Å². The summed E-state index contributed by atoms with van der Waals surface area (Å²) in [5, 5.41) is 9.30. The molecule has 2 aliphatic heterocycles. The van der Waals surface area contributed by atoms with E-state index in [4.69, 9.17) is 4.98 Å². The van der Waals surface area contributed by atoms with Crippen LogP contribution in [0.1, 0.15) is 38.2 Å². The topological polar surface area (TPSA) is 41.3 Å². The fraction of sp³-hybridized carbons (Fsp3) is 0.812. The van der Waals surface area contributed by atoms with Crippen LogP contribution >= 0.6 is 0 Å². The van der Waals surface area contributed by atoms with Gasteiger partial charge in [0.15, 0.2) is 0 Å². The summed E-state index contributed by atoms with van der Waals surface area (Å²) in [6.07, 6.45) is 6.76. The molecule has 1 aromatic rings. The highest BCUT2D eigenvalue weighted by molar-refractivity contribution is 5.08. The number of aliphatic hydroxyl groups excluding tert-OH is 1. The molecule has 2 atom stereocenters. The minimum Gasteiger partial charge on any atom is -0.396 e. The van der Waals surface area contributed by atoms with Crippen LogP contribution in [0.25, 0.3) is 0 Å². The quantitative estimate of drug-likeness (QED) is 0.911. The third kappa shape index (κ3) is 2.91. The van der Waals surface area contributed by atoms with E-state index in [0.29, 0.717) is 18.6 Å². The number of rotatable bonds is 4. The maximum atomic E-state index is 9.30. The summed E-state index contributed by atoms with van der Waals surface area (Å²) in [6, 6.07) is 0.667. The molecule has 2 unspecified atom stereocenters. The first-order valence-corrected chi connectivity index (χ1v) is 8.05. The van der Waals surface area contributed by atoms with Crippen LogP contribution in [0, 0.1) is 11.8 Å². The van der Waals surface area contributed by atoms with E-state index in [1.807, 2.05) is 0 Å². The first-order chi connectivity index (χ1) is 9.65. The Balaban J connectivity index is 1.61. The zero-order valence-electron chi connectivity index (χ0n) is 12.8. The van der Waals surface area contributed by atoms with Gasteiger partial charge in [0.2, 0.25) is 0 Å². The standard InChI is InChI=1S/C16H27N3O/c1-12(2)18-6-5-13(8-18)7-15-10-19-9-14(11-20)3-4-16(19)17-15/h10,12-14,20H,3-9,11H2,1-2H3. The lowest BCUT2D eigenvalue weighted by atomic mass is 10.0. The van der Waals surface area contributed by atoms with Crippen LogP contribution in [-0.2, 0) is 19.4 Å². The molecule has 1 saturated heterocycles. The number of aliphatic hydroxyl groups is 1. The van der Waals surface area contributed by atoms with E-state index in [1.54, 1.807) is 0 Å². The Hall–Kier alpha value is -0.870. The zero-order chi connectivity index (χ0) is 14.1. The minimum atomic E-state index is 0.304. The SMILES string of the molecule is CC(C)N1CCC(Cc2cn3c(n2)CCC(CO)C3)C1. The number of fused-ring (bicyclic) bond motifs is 1. The summed E-state index contributed by atoms with van der Waals surface area (Å²) in [4.78, 5) is 7.39. The molecule has 0 aliphatic carbocycles. The highest BCUT2D eigenvalue weighted by atomic mass is 16.3. The number of hydrogen-bond acceptors (Lipinski definition) is 3. The van der Waals surface area contributed by atoms with Crippen LogP contribution in [0.2, 0.25) is 0 Å². The summed E-state index contributed by atoms with van der Waals surface area (Å²) in [5.74, 6) is 2.42. The highest BCUT2D eigenvalue weighted by Gasteiger charge is 2.26. The van der Waals surface area contributed by atoms with Crippen molar-refractivity contribution >= 4 is 0 Å². The molecule has 0 aromatic carbocycles. The van der Waals surface area contributed by atoms with Crippen molar-refractivity contribution in [2.24, 2.45) is 11.8 Å². The Morgan fingerprint density at radius 2 is 2.15 bits per heavy atom. The average Bonchev–Trinajstić information content (AvgIpc) is 3.04. The van der Waals surface area contributed by atoms with Crippen LogP contribution in [0.5, 0.6) is 0 Å². The van der Waals surface area contributed by atoms with Crippen molar-refractivity contribution in [2.75, 3.05) is 19.7 Å². The van der Waals surface area contributed by atoms with Gasteiger partial charge < -0.3 is 14.6 Å². The Morgan fingerprint density at radius 1 is 1.30 bits per heavy atom. The van der Waals surface area contributed by atoms with Gasteiger partial charge in [-0.3, -0.25) is 0 Å². The van der Waals surface area contributed by atoms with E-state index in [1.165, 1.54) is 31.0 Å². The van der Waals surface area contributed by atoms with E-state index in [2.05, 4.69) is 29.5 Å². The Kier molecular flexibility index (Phi) is 4.13. The van der Waals surface area contributed by atoms with Gasteiger partial charge in [0.1, 0.15) is 5.82 Å². The molecule has 1 N–H and O–H groups in total. The van der Waals surface area contributed by atoms with Gasteiger partial charge in [0.25, 0.3) is 0 Å². The Labute approximate surface area is 121 Å². The lowest BCUT2D eigenvalue weighted by Crippen LogP contribution is -2.28. The maximum absolute atomic E-state index is 9.30. The van der Waals surface area contributed by atoms with E-state index in [9.17, 15) is 5.11 Å². The van der Waals surface area contributed by atoms with Crippen molar-refractivity contribution in [3.8, 4) is 0 Å². The van der Waals surface area contributed by atoms with E-state index >= 15 is 0 Å². The summed E-state index contributed by atoms with van der Waals surface area (Å²) in [5.41, 5.74) is 1.26. The first kappa shape index (κ1) is 14.1. The maximum Gasteiger partial charge on any atom is 0.108 e. The zero-order valence-corrected chi connectivity index (χ0v) is 12.8. The van der Waals surface area contributed by atoms with Gasteiger partial charge in [0.05, 0.1) is 5.69 Å². The molecular formula is C16H27N3O. The van der Waals surface area contributed by atoms with E-state index in [-0.39, 0.29) is 0 Å². The third-order valence-electron chi connectivity index (χ3n) is 4.94. The van der Waals surface area contributed by atoms with Gasteiger partial charge in [-0.2, -0.15) is 0 Å². The number of hydrogen-bond donors (Lipinski definition) is 1. The van der Waals surface area contributed by atoms with Crippen LogP contribution in [0.3, 0.4) is 0 Å². The number of imidazole rings is 1. The predicted molar refractivity (Wildman–Crippen MR) is 79.6 cm³/mol. The van der Waals surface area contributed by atoms with Gasteiger partial charge >= 0.3 is 0 Å². The minimum absolute atomic E-state index is 0.304. The van der Waals surface area contributed by atoms with Crippen molar-refractivity contribution in [3.63, 3.8) is 0 Å². The molecular weight excluding hydrogens is 250 g/mol. The lowest BCUT2D eigenvalue weighted by molar-refractivity contribution is 0.190. The third-order valence-corrected chi connectivity index (χ3v) is 4.94. The second kappa shape index (κ2) is 5.86. The summed E-state index contributed by atoms with van der Waals surface area (Å²) in [7, 11) is 0. The average molecular weight is 277 g/mol. The van der Waals surface area contributed by atoms with Crippen molar-refractivity contribution < 1.29 is 5.11 Å². The highest BCUT2D eigenvalue weighted by Crippen LogP contribution is 2.24. The molecule has 1 aromatic heterocycles. The second-order valence-corrected chi connectivity index (χ2v) is 6.84. The number of likely N-dealkylation sites (tertiary alicyclic amines) is 1. The van der Waals surface area contributed by atoms with Gasteiger partial charge in [-0.05, 0) is 45.6 Å². The van der Waals surface area contributed by atoms with E-state index < -0.39 is 0 Å². The molecule has 0 amide bonds. The molecule has 4 heteroatoms. The molecule has 20 heavy (non-hydrogen) atoms. The summed E-state index contributed by atoms with van der Waals surface area (Å²) < 4.78 is 2.27. The number of nitrogens with zero attached hydrogens (tertiary/aromatic N) is 3. The molecule has 0 bridgehead atoms. The van der Waals surface area contributed by atoms with Gasteiger partial charge in [-0.25, -0.2) is 4.98 Å². The molecule has 4 nitrogen and oxygen atoms in total. The lowest BCUT2D eigenvalue weighted by Gasteiger charge is -2.21. The van der Waals surface area contributed by atoms with Crippen LogP contribution in [-0.4, -0.2) is 45.3 Å². The molecule has 0 saturated carbocycles. The monoisotopic (exact) mass is 277 g/mol. The fourth-order valence-electron chi connectivity index (χ4n) is 3.61. The molecule has 3 heterocycles. The Bertz CT molecular complexity index is 455. The predicted octanol–water partition coefficient (Wildman–Crippen LogP) is 1.71. The van der Waals surface area contributed by atoms with Crippen molar-refractivity contribution in [1.82, 2.24) is 14.5 Å². The summed E-state index contributed by atoms with van der Waals surface area (Å²) >= 11 is 0. The molecule has 1 fully saturated rings. The van der Waals surface area contributed by atoms with E-state index in [0.717, 1.165) is 31.7 Å².